The van der Waals surface area contributed by atoms with Crippen LogP contribution in [0, 0.1) is 10.1 Å². The average molecular weight is 293 g/mol. The highest BCUT2D eigenvalue weighted by atomic mass is 16.6. The number of rotatable bonds is 5. The highest BCUT2D eigenvalue weighted by Gasteiger charge is 2.21. The summed E-state index contributed by atoms with van der Waals surface area (Å²) in [5.41, 5.74) is 3.82. The molecular weight excluding hydrogens is 270 g/mol. The molecule has 1 aliphatic rings. The molecule has 1 aromatic rings. The van der Waals surface area contributed by atoms with Gasteiger partial charge in [0.25, 0.3) is 5.69 Å². The minimum Gasteiger partial charge on any atom is -0.318 e. The van der Waals surface area contributed by atoms with E-state index in [-0.39, 0.29) is 5.69 Å². The van der Waals surface area contributed by atoms with Gasteiger partial charge in [0, 0.05) is 18.7 Å². The summed E-state index contributed by atoms with van der Waals surface area (Å²) >= 11 is 0. The lowest BCUT2D eigenvalue weighted by atomic mass is 10.0. The van der Waals surface area contributed by atoms with Crippen molar-refractivity contribution in [3.05, 3.63) is 33.9 Å². The van der Waals surface area contributed by atoms with Gasteiger partial charge in [-0.25, -0.2) is 0 Å². The number of nitrogens with zero attached hydrogens (tertiary/aromatic N) is 3. The van der Waals surface area contributed by atoms with Crippen molar-refractivity contribution in [3.8, 4) is 0 Å². The molecule has 0 amide bonds. The number of nitro groups is 1. The van der Waals surface area contributed by atoms with E-state index in [1.807, 2.05) is 0 Å². The van der Waals surface area contributed by atoms with Crippen LogP contribution in [0.3, 0.4) is 0 Å². The number of hydrogen-bond donors (Lipinski definition) is 2. The standard InChI is InChI=1S/C14H23N5O2/c1-17(2)12-5-7-18(8-6-12)10-11-3-4-14(19(20)21)13(9-11)16-15/h3-4,9,12,16H,5-8,10,15H2,1-2H3. The molecule has 0 aromatic heterocycles. The van der Waals surface area contributed by atoms with Gasteiger partial charge in [-0.2, -0.15) is 0 Å². The normalized spacial score (nSPS) is 17.1. The maximum absolute atomic E-state index is 10.9. The number of nitrogen functional groups attached to an aromatic ring is 1. The van der Waals surface area contributed by atoms with E-state index in [4.69, 9.17) is 5.84 Å². The van der Waals surface area contributed by atoms with E-state index in [1.54, 1.807) is 12.1 Å². The Hall–Kier alpha value is -1.70. The van der Waals surface area contributed by atoms with Crippen molar-refractivity contribution in [1.82, 2.24) is 9.80 Å². The molecule has 0 saturated carbocycles. The van der Waals surface area contributed by atoms with Gasteiger partial charge in [0.05, 0.1) is 4.92 Å². The molecule has 7 nitrogen and oxygen atoms in total. The van der Waals surface area contributed by atoms with Crippen LogP contribution in [0.1, 0.15) is 18.4 Å². The van der Waals surface area contributed by atoms with E-state index in [1.165, 1.54) is 6.07 Å². The van der Waals surface area contributed by atoms with Crippen LogP contribution in [0.25, 0.3) is 0 Å². The number of piperidine rings is 1. The summed E-state index contributed by atoms with van der Waals surface area (Å²) in [4.78, 5) is 15.1. The lowest BCUT2D eigenvalue weighted by Crippen LogP contribution is -2.41. The van der Waals surface area contributed by atoms with E-state index in [2.05, 4.69) is 29.3 Å². The molecule has 1 aromatic carbocycles. The second-order valence-electron chi connectivity index (χ2n) is 5.72. The average Bonchev–Trinajstić information content (AvgIpc) is 2.47. The summed E-state index contributed by atoms with van der Waals surface area (Å²) in [7, 11) is 4.24. The van der Waals surface area contributed by atoms with Crippen molar-refractivity contribution in [1.29, 1.82) is 0 Å². The minimum absolute atomic E-state index is 0.00701. The Morgan fingerprint density at radius 1 is 1.43 bits per heavy atom. The van der Waals surface area contributed by atoms with Gasteiger partial charge < -0.3 is 10.3 Å². The molecule has 1 saturated heterocycles. The van der Waals surface area contributed by atoms with Crippen molar-refractivity contribution in [3.63, 3.8) is 0 Å². The Balaban J connectivity index is 1.99. The fourth-order valence-corrected chi connectivity index (χ4v) is 2.81. The van der Waals surface area contributed by atoms with Crippen molar-refractivity contribution < 1.29 is 4.92 Å². The Morgan fingerprint density at radius 2 is 2.10 bits per heavy atom. The van der Waals surface area contributed by atoms with Crippen LogP contribution >= 0.6 is 0 Å². The summed E-state index contributed by atoms with van der Waals surface area (Å²) in [6.07, 6.45) is 2.31. The van der Waals surface area contributed by atoms with Gasteiger partial charge in [0.1, 0.15) is 5.69 Å². The molecule has 1 aliphatic heterocycles. The van der Waals surface area contributed by atoms with Crippen molar-refractivity contribution in [2.75, 3.05) is 32.6 Å². The first-order valence-corrected chi connectivity index (χ1v) is 7.14. The number of nitro benzene ring substituents is 1. The van der Waals surface area contributed by atoms with Gasteiger partial charge in [0.2, 0.25) is 0 Å². The molecular formula is C14H23N5O2. The molecule has 3 N–H and O–H groups in total. The first-order chi connectivity index (χ1) is 10.0. The van der Waals surface area contributed by atoms with Gasteiger partial charge in [0.15, 0.2) is 0 Å². The number of anilines is 1. The number of benzene rings is 1. The van der Waals surface area contributed by atoms with Crippen LogP contribution < -0.4 is 11.3 Å². The zero-order valence-electron chi connectivity index (χ0n) is 12.6. The third-order valence-electron chi connectivity index (χ3n) is 4.11. The zero-order chi connectivity index (χ0) is 15.4. The van der Waals surface area contributed by atoms with Crippen molar-refractivity contribution in [2.45, 2.75) is 25.4 Å². The maximum Gasteiger partial charge on any atom is 0.293 e. The molecule has 0 radical (unpaired) electrons. The van der Waals surface area contributed by atoms with E-state index < -0.39 is 4.92 Å². The van der Waals surface area contributed by atoms with E-state index in [0.717, 1.165) is 38.0 Å². The third-order valence-corrected chi connectivity index (χ3v) is 4.11. The summed E-state index contributed by atoms with van der Waals surface area (Å²) in [5.74, 6) is 5.37. The first-order valence-electron chi connectivity index (χ1n) is 7.14. The highest BCUT2D eigenvalue weighted by Crippen LogP contribution is 2.25. The lowest BCUT2D eigenvalue weighted by molar-refractivity contribution is -0.384. The van der Waals surface area contributed by atoms with Crippen molar-refractivity contribution >= 4 is 11.4 Å². The number of hydrazine groups is 1. The Bertz CT molecular complexity index is 498. The Labute approximate surface area is 124 Å². The maximum atomic E-state index is 10.9. The van der Waals surface area contributed by atoms with Gasteiger partial charge in [-0.15, -0.1) is 0 Å². The molecule has 1 fully saturated rings. The SMILES string of the molecule is CN(C)C1CCN(Cc2ccc([N+](=O)[O-])c(NN)c2)CC1. The van der Waals surface area contributed by atoms with E-state index >= 15 is 0 Å². The molecule has 0 unspecified atom stereocenters. The predicted molar refractivity (Wildman–Crippen MR) is 82.9 cm³/mol. The van der Waals surface area contributed by atoms with Crippen LogP contribution in [0.2, 0.25) is 0 Å². The minimum atomic E-state index is -0.429. The van der Waals surface area contributed by atoms with E-state index in [9.17, 15) is 10.1 Å². The molecule has 7 heteroatoms. The molecule has 2 rings (SSSR count). The largest absolute Gasteiger partial charge is 0.318 e. The van der Waals surface area contributed by atoms with Crippen LogP contribution in [0.4, 0.5) is 11.4 Å². The zero-order valence-corrected chi connectivity index (χ0v) is 12.6. The lowest BCUT2D eigenvalue weighted by Gasteiger charge is -2.35. The fourth-order valence-electron chi connectivity index (χ4n) is 2.81. The summed E-state index contributed by atoms with van der Waals surface area (Å²) in [5, 5.41) is 10.9. The Morgan fingerprint density at radius 3 is 2.62 bits per heavy atom. The number of nitrogens with two attached hydrogens (primary N) is 1. The first kappa shape index (κ1) is 15.7. The van der Waals surface area contributed by atoms with Crippen LogP contribution in [0.15, 0.2) is 18.2 Å². The van der Waals surface area contributed by atoms with Gasteiger partial charge in [-0.05, 0) is 51.7 Å². The molecule has 0 spiro atoms. The second kappa shape index (κ2) is 6.84. The highest BCUT2D eigenvalue weighted by molar-refractivity contribution is 5.62. The van der Waals surface area contributed by atoms with Crippen molar-refractivity contribution in [2.24, 2.45) is 5.84 Å². The smallest absolute Gasteiger partial charge is 0.293 e. The van der Waals surface area contributed by atoms with E-state index in [0.29, 0.717) is 11.7 Å². The molecule has 0 aliphatic carbocycles. The monoisotopic (exact) mass is 293 g/mol. The molecule has 1 heterocycles. The molecule has 116 valence electrons. The quantitative estimate of drug-likeness (QED) is 0.485. The third kappa shape index (κ3) is 3.90. The Kier molecular flexibility index (Phi) is 5.11. The second-order valence-corrected chi connectivity index (χ2v) is 5.72. The molecule has 0 atom stereocenters. The summed E-state index contributed by atoms with van der Waals surface area (Å²) < 4.78 is 0. The molecule has 0 bridgehead atoms. The van der Waals surface area contributed by atoms with Gasteiger partial charge in [-0.1, -0.05) is 6.07 Å². The summed E-state index contributed by atoms with van der Waals surface area (Å²) in [6.45, 7) is 2.89. The van der Waals surface area contributed by atoms with Gasteiger partial charge >= 0.3 is 0 Å². The number of hydrogen-bond acceptors (Lipinski definition) is 6. The van der Waals surface area contributed by atoms with Crippen LogP contribution in [-0.2, 0) is 6.54 Å². The topological polar surface area (TPSA) is 87.7 Å². The molecule has 21 heavy (non-hydrogen) atoms. The predicted octanol–water partition coefficient (Wildman–Crippen LogP) is 1.41. The van der Waals surface area contributed by atoms with Crippen LogP contribution in [-0.4, -0.2) is 47.9 Å². The number of likely N-dealkylation sites (tertiary alicyclic amines) is 1. The van der Waals surface area contributed by atoms with Gasteiger partial charge in [-0.3, -0.25) is 20.9 Å². The summed E-state index contributed by atoms with van der Waals surface area (Å²) in [6, 6.07) is 5.73. The van der Waals surface area contributed by atoms with Crippen LogP contribution in [0.5, 0.6) is 0 Å². The number of nitrogens with one attached hydrogen (secondary N) is 1. The fraction of sp³-hybridized carbons (Fsp3) is 0.571.